The Balaban J connectivity index is 1.42. The smallest absolute Gasteiger partial charge is 0.296 e. The number of nitrogens with one attached hydrogen (secondary N) is 1. The molecule has 8 heteroatoms. The molecule has 1 aromatic carbocycles. The Morgan fingerprint density at radius 2 is 1.81 bits per heavy atom. The van der Waals surface area contributed by atoms with E-state index in [1.807, 2.05) is 41.1 Å². The van der Waals surface area contributed by atoms with Crippen LogP contribution in [-0.2, 0) is 19.5 Å². The molecule has 3 aromatic heterocycles. The second-order valence-electron chi connectivity index (χ2n) is 10.3. The summed E-state index contributed by atoms with van der Waals surface area (Å²) in [6.07, 6.45) is 12.7. The fraction of sp³-hybridized carbons (Fsp3) is 0.483. The number of rotatable bonds is 10. The van der Waals surface area contributed by atoms with Crippen molar-refractivity contribution in [1.82, 2.24) is 34.7 Å². The van der Waals surface area contributed by atoms with Crippen molar-refractivity contribution in [3.8, 4) is 22.6 Å². The van der Waals surface area contributed by atoms with Gasteiger partial charge in [-0.25, -0.2) is 4.79 Å². The lowest BCUT2D eigenvalue weighted by atomic mass is 9.89. The van der Waals surface area contributed by atoms with Gasteiger partial charge < -0.3 is 0 Å². The molecule has 1 aliphatic carbocycles. The predicted molar refractivity (Wildman–Crippen MR) is 145 cm³/mol. The summed E-state index contributed by atoms with van der Waals surface area (Å²) < 4.78 is 4.05. The Bertz CT molecular complexity index is 1350. The average Bonchev–Trinajstić information content (AvgIpc) is 3.55. The SMILES string of the molecule is CCCCCc1c(C)n(CC2CCCCC2)c(=O)n1Cc1ccc(-c2ccccc2-c2nn[nH]n2)nc1. The van der Waals surface area contributed by atoms with E-state index in [1.165, 1.54) is 50.6 Å². The van der Waals surface area contributed by atoms with E-state index in [9.17, 15) is 4.79 Å². The Hall–Kier alpha value is -3.55. The van der Waals surface area contributed by atoms with Gasteiger partial charge in [0, 0.05) is 35.3 Å². The number of nitrogens with zero attached hydrogens (tertiary/aromatic N) is 6. The fourth-order valence-electron chi connectivity index (χ4n) is 5.66. The second-order valence-corrected chi connectivity index (χ2v) is 10.3. The van der Waals surface area contributed by atoms with Crippen LogP contribution in [0.25, 0.3) is 22.6 Å². The van der Waals surface area contributed by atoms with Crippen molar-refractivity contribution in [3.63, 3.8) is 0 Å². The number of hydrogen-bond donors (Lipinski definition) is 1. The maximum absolute atomic E-state index is 13.7. The normalized spacial score (nSPS) is 14.3. The molecule has 0 bridgehead atoms. The van der Waals surface area contributed by atoms with Gasteiger partial charge in [-0.15, -0.1) is 10.2 Å². The number of hydrogen-bond acceptors (Lipinski definition) is 5. The zero-order valence-electron chi connectivity index (χ0n) is 22.0. The van der Waals surface area contributed by atoms with Crippen molar-refractivity contribution in [2.24, 2.45) is 5.92 Å². The van der Waals surface area contributed by atoms with Gasteiger partial charge >= 0.3 is 5.69 Å². The molecule has 0 radical (unpaired) electrons. The molecule has 8 nitrogen and oxygen atoms in total. The third-order valence-electron chi connectivity index (χ3n) is 7.75. The molecule has 5 rings (SSSR count). The highest BCUT2D eigenvalue weighted by Crippen LogP contribution is 2.29. The van der Waals surface area contributed by atoms with Crippen LogP contribution in [0.1, 0.15) is 75.2 Å². The van der Waals surface area contributed by atoms with Gasteiger partial charge in [0.15, 0.2) is 0 Å². The molecule has 0 amide bonds. The minimum Gasteiger partial charge on any atom is -0.296 e. The Labute approximate surface area is 218 Å². The lowest BCUT2D eigenvalue weighted by molar-refractivity contribution is 0.313. The van der Waals surface area contributed by atoms with E-state index in [0.717, 1.165) is 47.5 Å². The topological polar surface area (TPSA) is 94.3 Å². The van der Waals surface area contributed by atoms with E-state index < -0.39 is 0 Å². The first-order valence-electron chi connectivity index (χ1n) is 13.7. The van der Waals surface area contributed by atoms with Crippen LogP contribution < -0.4 is 5.69 Å². The summed E-state index contributed by atoms with van der Waals surface area (Å²) in [5.41, 5.74) is 6.14. The quantitative estimate of drug-likeness (QED) is 0.288. The van der Waals surface area contributed by atoms with Gasteiger partial charge in [-0.2, -0.15) is 5.21 Å². The molecule has 0 saturated heterocycles. The van der Waals surface area contributed by atoms with E-state index in [2.05, 4.69) is 45.1 Å². The molecule has 194 valence electrons. The maximum atomic E-state index is 13.7. The van der Waals surface area contributed by atoms with Gasteiger partial charge in [0.05, 0.1) is 12.2 Å². The van der Waals surface area contributed by atoms with Crippen molar-refractivity contribution in [2.45, 2.75) is 84.7 Å². The molecule has 3 heterocycles. The van der Waals surface area contributed by atoms with E-state index in [4.69, 9.17) is 4.98 Å². The van der Waals surface area contributed by atoms with Crippen molar-refractivity contribution < 1.29 is 0 Å². The lowest BCUT2D eigenvalue weighted by Gasteiger charge is -2.22. The van der Waals surface area contributed by atoms with Gasteiger partial charge in [0.1, 0.15) is 0 Å². The van der Waals surface area contributed by atoms with Crippen LogP contribution in [0.3, 0.4) is 0 Å². The van der Waals surface area contributed by atoms with Crippen molar-refractivity contribution in [2.75, 3.05) is 0 Å². The third-order valence-corrected chi connectivity index (χ3v) is 7.75. The average molecular weight is 500 g/mol. The molecule has 0 atom stereocenters. The number of unbranched alkanes of at least 4 members (excludes halogenated alkanes) is 2. The Morgan fingerprint density at radius 3 is 2.51 bits per heavy atom. The summed E-state index contributed by atoms with van der Waals surface area (Å²) in [5, 5.41) is 14.5. The molecule has 1 aliphatic rings. The highest BCUT2D eigenvalue weighted by Gasteiger charge is 2.21. The number of pyridine rings is 1. The fourth-order valence-corrected chi connectivity index (χ4v) is 5.66. The van der Waals surface area contributed by atoms with Crippen molar-refractivity contribution in [3.05, 3.63) is 70.0 Å². The molecule has 0 aliphatic heterocycles. The summed E-state index contributed by atoms with van der Waals surface area (Å²) in [4.78, 5) is 18.4. The van der Waals surface area contributed by atoms with E-state index >= 15 is 0 Å². The molecule has 37 heavy (non-hydrogen) atoms. The van der Waals surface area contributed by atoms with Gasteiger partial charge in [0.2, 0.25) is 5.82 Å². The molecule has 1 saturated carbocycles. The summed E-state index contributed by atoms with van der Waals surface area (Å²) >= 11 is 0. The van der Waals surface area contributed by atoms with E-state index in [1.54, 1.807) is 0 Å². The number of benzene rings is 1. The monoisotopic (exact) mass is 499 g/mol. The van der Waals surface area contributed by atoms with Crippen LogP contribution in [0.2, 0.25) is 0 Å². The highest BCUT2D eigenvalue weighted by atomic mass is 16.1. The van der Waals surface area contributed by atoms with E-state index in [0.29, 0.717) is 18.3 Å². The minimum absolute atomic E-state index is 0.126. The largest absolute Gasteiger partial charge is 0.328 e. The van der Waals surface area contributed by atoms with Gasteiger partial charge in [-0.05, 0) is 55.4 Å². The van der Waals surface area contributed by atoms with Crippen molar-refractivity contribution >= 4 is 0 Å². The molecule has 4 aromatic rings. The predicted octanol–water partition coefficient (Wildman–Crippen LogP) is 5.56. The number of tetrazole rings is 1. The van der Waals surface area contributed by atoms with Crippen LogP contribution in [-0.4, -0.2) is 34.7 Å². The first-order valence-corrected chi connectivity index (χ1v) is 13.7. The van der Waals surface area contributed by atoms with Crippen LogP contribution >= 0.6 is 0 Å². The molecule has 0 spiro atoms. The standard InChI is InChI=1S/C29H37N7O/c1-3-4-6-15-27-21(2)35(19-22-11-7-5-8-12-22)29(37)36(27)20-23-16-17-26(30-18-23)24-13-9-10-14-25(24)28-31-33-34-32-28/h9-10,13-14,16-18,22H,3-8,11-12,15,19-20H2,1-2H3,(H,31,32,33,34). The first kappa shape index (κ1) is 25.1. The summed E-state index contributed by atoms with van der Waals surface area (Å²) in [6, 6.07) is 12.0. The summed E-state index contributed by atoms with van der Waals surface area (Å²) in [6.45, 7) is 5.75. The minimum atomic E-state index is 0.126. The maximum Gasteiger partial charge on any atom is 0.328 e. The van der Waals surface area contributed by atoms with Crippen LogP contribution in [0.4, 0.5) is 0 Å². The first-order chi connectivity index (χ1) is 18.2. The number of imidazole rings is 1. The number of aromatic nitrogens is 7. The van der Waals surface area contributed by atoms with Gasteiger partial charge in [-0.3, -0.25) is 14.1 Å². The zero-order valence-corrected chi connectivity index (χ0v) is 22.0. The van der Waals surface area contributed by atoms with Crippen LogP contribution in [0.5, 0.6) is 0 Å². The van der Waals surface area contributed by atoms with Gasteiger partial charge in [0.25, 0.3) is 0 Å². The third kappa shape index (κ3) is 5.58. The van der Waals surface area contributed by atoms with Crippen molar-refractivity contribution in [1.29, 1.82) is 0 Å². The highest BCUT2D eigenvalue weighted by molar-refractivity contribution is 5.78. The zero-order chi connectivity index (χ0) is 25.6. The molecular weight excluding hydrogens is 462 g/mol. The van der Waals surface area contributed by atoms with E-state index in [-0.39, 0.29) is 5.69 Å². The van der Waals surface area contributed by atoms with Crippen LogP contribution in [0.15, 0.2) is 47.4 Å². The summed E-state index contributed by atoms with van der Waals surface area (Å²) in [7, 11) is 0. The number of H-pyrrole nitrogens is 1. The molecular formula is C29H37N7O. The Morgan fingerprint density at radius 1 is 1.00 bits per heavy atom. The van der Waals surface area contributed by atoms with Crippen LogP contribution in [0, 0.1) is 12.8 Å². The molecule has 1 N–H and O–H groups in total. The molecule has 1 fully saturated rings. The Kier molecular flexibility index (Phi) is 7.92. The lowest BCUT2D eigenvalue weighted by Crippen LogP contribution is -2.28. The van der Waals surface area contributed by atoms with Gasteiger partial charge in [-0.1, -0.05) is 69.4 Å². The second kappa shape index (κ2) is 11.7. The summed E-state index contributed by atoms with van der Waals surface area (Å²) in [5.74, 6) is 1.16. The molecule has 0 unspecified atom stereocenters. The number of aromatic amines is 1.